The summed E-state index contributed by atoms with van der Waals surface area (Å²) in [6, 6.07) is 10.6. The van der Waals surface area contributed by atoms with Gasteiger partial charge in [-0.2, -0.15) is 0 Å². The van der Waals surface area contributed by atoms with Crippen LogP contribution in [0.15, 0.2) is 34.7 Å². The van der Waals surface area contributed by atoms with Crippen molar-refractivity contribution in [3.8, 4) is 0 Å². The zero-order valence-electron chi connectivity index (χ0n) is 12.1. The van der Waals surface area contributed by atoms with Crippen LogP contribution in [0.25, 0.3) is 11.0 Å². The van der Waals surface area contributed by atoms with Gasteiger partial charge in [-0.3, -0.25) is 0 Å². The molecule has 1 N–H and O–H groups in total. The van der Waals surface area contributed by atoms with Gasteiger partial charge >= 0.3 is 0 Å². The maximum Gasteiger partial charge on any atom is 0.134 e. The fourth-order valence-electron chi connectivity index (χ4n) is 3.02. The summed E-state index contributed by atoms with van der Waals surface area (Å²) in [6.45, 7) is 0.948. The Morgan fingerprint density at radius 3 is 3.00 bits per heavy atom. The van der Waals surface area contributed by atoms with E-state index in [1.54, 1.807) is 0 Å². The Bertz CT molecular complexity index is 510. The molecule has 3 rings (SSSR count). The molecule has 0 saturated carbocycles. The summed E-state index contributed by atoms with van der Waals surface area (Å²) in [7, 11) is 2.00. The summed E-state index contributed by atoms with van der Waals surface area (Å²) in [4.78, 5) is 0. The summed E-state index contributed by atoms with van der Waals surface area (Å²) in [6.07, 6.45) is 6.38. The lowest BCUT2D eigenvalue weighted by Gasteiger charge is -2.15. The van der Waals surface area contributed by atoms with E-state index in [2.05, 4.69) is 17.4 Å². The predicted octanol–water partition coefficient (Wildman–Crippen LogP) is 4.04. The van der Waals surface area contributed by atoms with E-state index in [9.17, 15) is 0 Å². The number of para-hydroxylation sites is 1. The van der Waals surface area contributed by atoms with Gasteiger partial charge in [0.05, 0.1) is 12.1 Å². The standard InChI is InChI=1S/C17H23NO2/c1-18-15(9-4-7-14-8-5-11-19-14)17-12-13-6-2-3-10-16(13)20-17/h2-3,6,10,12,14-15,18H,4-5,7-9,11H2,1H3. The van der Waals surface area contributed by atoms with Gasteiger partial charge in [-0.05, 0) is 51.3 Å². The van der Waals surface area contributed by atoms with E-state index in [-0.39, 0.29) is 0 Å². The van der Waals surface area contributed by atoms with Crippen LogP contribution in [0, 0.1) is 0 Å². The van der Waals surface area contributed by atoms with E-state index < -0.39 is 0 Å². The van der Waals surface area contributed by atoms with Crippen LogP contribution in [-0.2, 0) is 4.74 Å². The molecule has 2 atom stereocenters. The molecular weight excluding hydrogens is 250 g/mol. The van der Waals surface area contributed by atoms with E-state index in [4.69, 9.17) is 9.15 Å². The molecule has 0 aliphatic carbocycles. The Labute approximate surface area is 120 Å². The topological polar surface area (TPSA) is 34.4 Å². The molecule has 108 valence electrons. The van der Waals surface area contributed by atoms with Gasteiger partial charge in [0, 0.05) is 12.0 Å². The summed E-state index contributed by atoms with van der Waals surface area (Å²) in [5.41, 5.74) is 0.974. The Kier molecular flexibility index (Phi) is 4.38. The van der Waals surface area contributed by atoms with Crippen molar-refractivity contribution in [2.45, 2.75) is 44.2 Å². The summed E-state index contributed by atoms with van der Waals surface area (Å²) >= 11 is 0. The highest BCUT2D eigenvalue weighted by Gasteiger charge is 2.18. The monoisotopic (exact) mass is 273 g/mol. The van der Waals surface area contributed by atoms with Crippen molar-refractivity contribution in [1.82, 2.24) is 5.32 Å². The highest BCUT2D eigenvalue weighted by molar-refractivity contribution is 5.77. The smallest absolute Gasteiger partial charge is 0.134 e. The minimum absolute atomic E-state index is 0.295. The van der Waals surface area contributed by atoms with E-state index in [1.165, 1.54) is 31.1 Å². The van der Waals surface area contributed by atoms with Crippen LogP contribution in [0.1, 0.15) is 43.9 Å². The Hall–Kier alpha value is -1.32. The number of fused-ring (bicyclic) bond motifs is 1. The summed E-state index contributed by atoms with van der Waals surface area (Å²) in [5, 5.41) is 4.55. The van der Waals surface area contributed by atoms with Gasteiger partial charge in [0.2, 0.25) is 0 Å². The van der Waals surface area contributed by atoms with E-state index in [1.807, 2.05) is 25.2 Å². The average molecular weight is 273 g/mol. The second-order valence-electron chi connectivity index (χ2n) is 5.59. The van der Waals surface area contributed by atoms with E-state index >= 15 is 0 Å². The molecule has 3 nitrogen and oxygen atoms in total. The van der Waals surface area contributed by atoms with Crippen LogP contribution in [-0.4, -0.2) is 19.8 Å². The third kappa shape index (κ3) is 3.05. The highest BCUT2D eigenvalue weighted by atomic mass is 16.5. The SMILES string of the molecule is CNC(CCCC1CCCO1)c1cc2ccccc2o1. The highest BCUT2D eigenvalue weighted by Crippen LogP contribution is 2.27. The van der Waals surface area contributed by atoms with Crippen LogP contribution in [0.4, 0.5) is 0 Å². The van der Waals surface area contributed by atoms with Crippen LogP contribution in [0.2, 0.25) is 0 Å². The van der Waals surface area contributed by atoms with E-state index in [0.717, 1.165) is 24.4 Å². The van der Waals surface area contributed by atoms with Gasteiger partial charge in [-0.15, -0.1) is 0 Å². The molecule has 0 amide bonds. The maximum absolute atomic E-state index is 5.95. The van der Waals surface area contributed by atoms with Crippen molar-refractivity contribution < 1.29 is 9.15 Å². The van der Waals surface area contributed by atoms with Crippen molar-refractivity contribution in [3.63, 3.8) is 0 Å². The molecule has 0 spiro atoms. The number of benzene rings is 1. The van der Waals surface area contributed by atoms with Gasteiger partial charge < -0.3 is 14.5 Å². The molecule has 2 unspecified atom stereocenters. The third-order valence-corrected chi connectivity index (χ3v) is 4.18. The molecule has 1 aromatic carbocycles. The fourth-order valence-corrected chi connectivity index (χ4v) is 3.02. The molecule has 0 radical (unpaired) electrons. The van der Waals surface area contributed by atoms with Crippen molar-refractivity contribution in [2.24, 2.45) is 0 Å². The van der Waals surface area contributed by atoms with Gasteiger partial charge in [0.1, 0.15) is 11.3 Å². The Balaban J connectivity index is 1.60. The number of nitrogens with one attached hydrogen (secondary N) is 1. The third-order valence-electron chi connectivity index (χ3n) is 4.18. The molecule has 1 saturated heterocycles. The molecule has 1 fully saturated rings. The summed E-state index contributed by atoms with van der Waals surface area (Å²) < 4.78 is 11.6. The van der Waals surface area contributed by atoms with Crippen molar-refractivity contribution in [1.29, 1.82) is 0 Å². The molecule has 1 aliphatic rings. The quantitative estimate of drug-likeness (QED) is 0.862. The molecule has 2 aromatic rings. The van der Waals surface area contributed by atoms with Crippen molar-refractivity contribution >= 4 is 11.0 Å². The van der Waals surface area contributed by atoms with Crippen LogP contribution < -0.4 is 5.32 Å². The van der Waals surface area contributed by atoms with Crippen LogP contribution in [0.3, 0.4) is 0 Å². The molecular formula is C17H23NO2. The summed E-state index contributed by atoms with van der Waals surface area (Å²) in [5.74, 6) is 1.04. The molecule has 2 heterocycles. The lowest BCUT2D eigenvalue weighted by Crippen LogP contribution is -2.16. The largest absolute Gasteiger partial charge is 0.459 e. The van der Waals surface area contributed by atoms with Gasteiger partial charge in [-0.1, -0.05) is 18.2 Å². The van der Waals surface area contributed by atoms with Gasteiger partial charge in [-0.25, -0.2) is 0 Å². The Morgan fingerprint density at radius 2 is 2.25 bits per heavy atom. The first-order valence-corrected chi connectivity index (χ1v) is 7.64. The normalized spacial score (nSPS) is 20.6. The zero-order chi connectivity index (χ0) is 13.8. The first-order valence-electron chi connectivity index (χ1n) is 7.64. The Morgan fingerprint density at radius 1 is 1.35 bits per heavy atom. The van der Waals surface area contributed by atoms with Crippen molar-refractivity contribution in [2.75, 3.05) is 13.7 Å². The molecule has 20 heavy (non-hydrogen) atoms. The zero-order valence-corrected chi connectivity index (χ0v) is 12.1. The second kappa shape index (κ2) is 6.42. The minimum atomic E-state index is 0.295. The average Bonchev–Trinajstić information content (AvgIpc) is 3.12. The predicted molar refractivity (Wildman–Crippen MR) is 80.8 cm³/mol. The maximum atomic E-state index is 5.95. The lowest BCUT2D eigenvalue weighted by atomic mass is 10.0. The molecule has 1 aliphatic heterocycles. The van der Waals surface area contributed by atoms with Crippen molar-refractivity contribution in [3.05, 3.63) is 36.1 Å². The fraction of sp³-hybridized carbons (Fsp3) is 0.529. The minimum Gasteiger partial charge on any atom is -0.459 e. The number of rotatable bonds is 6. The van der Waals surface area contributed by atoms with Gasteiger partial charge in [0.15, 0.2) is 0 Å². The number of ether oxygens (including phenoxy) is 1. The number of hydrogen-bond donors (Lipinski definition) is 1. The number of furan rings is 1. The first-order chi connectivity index (χ1) is 9.86. The molecule has 1 aromatic heterocycles. The number of hydrogen-bond acceptors (Lipinski definition) is 3. The molecule has 0 bridgehead atoms. The van der Waals surface area contributed by atoms with Crippen LogP contribution >= 0.6 is 0 Å². The first kappa shape index (κ1) is 13.7. The lowest BCUT2D eigenvalue weighted by molar-refractivity contribution is 0.101. The van der Waals surface area contributed by atoms with Crippen LogP contribution in [0.5, 0.6) is 0 Å². The van der Waals surface area contributed by atoms with Gasteiger partial charge in [0.25, 0.3) is 0 Å². The molecule has 3 heteroatoms. The second-order valence-corrected chi connectivity index (χ2v) is 5.59. The van der Waals surface area contributed by atoms with E-state index in [0.29, 0.717) is 12.1 Å².